The van der Waals surface area contributed by atoms with Crippen molar-refractivity contribution in [3.63, 3.8) is 0 Å². The van der Waals surface area contributed by atoms with Crippen molar-refractivity contribution < 1.29 is 27.4 Å². The number of Topliss-reactive ketones (excluding diaryl/α,β-unsaturated/α-hetero) is 1. The van der Waals surface area contributed by atoms with Gasteiger partial charge in [-0.15, -0.1) is 13.2 Å². The van der Waals surface area contributed by atoms with Crippen molar-refractivity contribution in [3.8, 4) is 17.2 Å². The smallest absolute Gasteiger partial charge is 0.457 e. The van der Waals surface area contributed by atoms with Gasteiger partial charge in [-0.1, -0.05) is 23.7 Å². The van der Waals surface area contributed by atoms with E-state index in [0.29, 0.717) is 39.5 Å². The number of fused-ring (bicyclic) bond motifs is 2. The number of nitrogens with one attached hydrogen (secondary N) is 1. The lowest BCUT2D eigenvalue weighted by molar-refractivity contribution is -0.274. The Kier molecular flexibility index (Phi) is 5.76. The van der Waals surface area contributed by atoms with Gasteiger partial charge in [-0.25, -0.2) is 0 Å². The van der Waals surface area contributed by atoms with Crippen LogP contribution in [0.5, 0.6) is 17.2 Å². The fraction of sp³-hybridized carbons (Fsp3) is 0.154. The van der Waals surface area contributed by atoms with Crippen LogP contribution in [0.3, 0.4) is 0 Å². The van der Waals surface area contributed by atoms with E-state index in [9.17, 15) is 22.8 Å². The topological polar surface area (TPSA) is 68.4 Å². The number of pyridine rings is 1. The van der Waals surface area contributed by atoms with Crippen LogP contribution in [0.25, 0.3) is 10.9 Å². The number of hydrogen-bond donors (Lipinski definition) is 1. The molecule has 0 fully saturated rings. The number of carbonyl (C=O) groups is 1. The quantitative estimate of drug-likeness (QED) is 0.336. The maximum Gasteiger partial charge on any atom is 0.573 e. The van der Waals surface area contributed by atoms with Crippen molar-refractivity contribution in [2.75, 3.05) is 0 Å². The van der Waals surface area contributed by atoms with Crippen LogP contribution in [0.2, 0.25) is 5.02 Å². The molecule has 0 radical (unpaired) electrons. The summed E-state index contributed by atoms with van der Waals surface area (Å²) in [6.45, 7) is 0. The molecule has 0 saturated carbocycles. The third-order valence-corrected chi connectivity index (χ3v) is 6.08. The zero-order valence-electron chi connectivity index (χ0n) is 18.0. The maximum absolute atomic E-state index is 12.9. The lowest BCUT2D eigenvalue weighted by Gasteiger charge is -2.24. The molecule has 1 heterocycles. The van der Waals surface area contributed by atoms with Gasteiger partial charge in [0.2, 0.25) is 5.43 Å². The second-order valence-corrected chi connectivity index (χ2v) is 8.65. The molecule has 9 heteroatoms. The zero-order chi connectivity index (χ0) is 24.7. The van der Waals surface area contributed by atoms with E-state index in [1.165, 1.54) is 24.3 Å². The van der Waals surface area contributed by atoms with Crippen molar-refractivity contribution in [2.24, 2.45) is 0 Å². The summed E-state index contributed by atoms with van der Waals surface area (Å²) in [6, 6.07) is 17.2. The molecule has 0 saturated heterocycles. The Balaban J connectivity index is 1.33. The Labute approximate surface area is 202 Å². The molecule has 1 N–H and O–H groups in total. The monoisotopic (exact) mass is 499 g/mol. The Morgan fingerprint density at radius 3 is 2.14 bits per heavy atom. The Morgan fingerprint density at radius 2 is 1.49 bits per heavy atom. The maximum atomic E-state index is 12.9. The highest BCUT2D eigenvalue weighted by molar-refractivity contribution is 6.31. The molecule has 5 nitrogen and oxygen atoms in total. The summed E-state index contributed by atoms with van der Waals surface area (Å²) >= 11 is 6.01. The first-order valence-electron chi connectivity index (χ1n) is 10.7. The van der Waals surface area contributed by atoms with E-state index in [4.69, 9.17) is 16.3 Å². The number of carbonyl (C=O) groups excluding carboxylic acids is 1. The van der Waals surface area contributed by atoms with E-state index < -0.39 is 6.36 Å². The predicted octanol–water partition coefficient (Wildman–Crippen LogP) is 6.79. The Morgan fingerprint density at radius 1 is 0.857 bits per heavy atom. The minimum absolute atomic E-state index is 0.122. The Hall–Kier alpha value is -3.78. The van der Waals surface area contributed by atoms with Crippen LogP contribution < -0.4 is 14.9 Å². The number of aromatic nitrogens is 1. The van der Waals surface area contributed by atoms with E-state index in [0.717, 1.165) is 5.56 Å². The first-order chi connectivity index (χ1) is 16.7. The van der Waals surface area contributed by atoms with Crippen LogP contribution in [0.15, 0.2) is 71.5 Å². The van der Waals surface area contributed by atoms with Crippen LogP contribution in [0, 0.1) is 0 Å². The molecule has 0 amide bonds. The van der Waals surface area contributed by atoms with E-state index in [1.54, 1.807) is 30.3 Å². The molecule has 35 heavy (non-hydrogen) atoms. The number of ether oxygens (including phenoxy) is 2. The van der Waals surface area contributed by atoms with E-state index in [-0.39, 0.29) is 34.9 Å². The van der Waals surface area contributed by atoms with E-state index >= 15 is 0 Å². The standard InChI is InChI=1S/C26H17ClF3NO4/c27-16-3-10-21-20(13-16)25(33)24-22(31-21)11-15(12-23(24)32)14-1-4-17(5-2-14)34-18-6-8-19(9-7-18)35-26(28,29)30/h1-10,13,15H,11-12H2,(H,31,33). The zero-order valence-corrected chi connectivity index (χ0v) is 18.7. The molecule has 4 aromatic rings. The molecule has 1 aliphatic carbocycles. The number of H-pyrrole nitrogens is 1. The first-order valence-corrected chi connectivity index (χ1v) is 11.1. The minimum Gasteiger partial charge on any atom is -0.457 e. The molecule has 0 bridgehead atoms. The fourth-order valence-electron chi connectivity index (χ4n) is 4.29. The van der Waals surface area contributed by atoms with Crippen LogP contribution in [-0.2, 0) is 6.42 Å². The van der Waals surface area contributed by atoms with Gasteiger partial charge in [-0.3, -0.25) is 9.59 Å². The Bertz CT molecular complexity index is 1480. The average Bonchev–Trinajstić information content (AvgIpc) is 2.80. The molecule has 3 aromatic carbocycles. The van der Waals surface area contributed by atoms with Crippen LogP contribution >= 0.6 is 11.6 Å². The molecule has 5 rings (SSSR count). The lowest BCUT2D eigenvalue weighted by atomic mass is 9.81. The summed E-state index contributed by atoms with van der Waals surface area (Å²) in [6.07, 6.45) is -4.06. The number of ketones is 1. The highest BCUT2D eigenvalue weighted by atomic mass is 35.5. The summed E-state index contributed by atoms with van der Waals surface area (Å²) < 4.78 is 46.4. The van der Waals surface area contributed by atoms with Gasteiger partial charge in [0.25, 0.3) is 0 Å². The van der Waals surface area contributed by atoms with Crippen molar-refractivity contribution in [3.05, 3.63) is 98.8 Å². The third-order valence-electron chi connectivity index (χ3n) is 5.85. The second-order valence-electron chi connectivity index (χ2n) is 8.22. The van der Waals surface area contributed by atoms with Gasteiger partial charge in [0.05, 0.1) is 5.56 Å². The molecule has 1 aliphatic rings. The van der Waals surface area contributed by atoms with Gasteiger partial charge in [-0.2, -0.15) is 0 Å². The van der Waals surface area contributed by atoms with Gasteiger partial charge in [0.15, 0.2) is 5.78 Å². The predicted molar refractivity (Wildman–Crippen MR) is 125 cm³/mol. The van der Waals surface area contributed by atoms with Crippen molar-refractivity contribution in [1.29, 1.82) is 0 Å². The SMILES string of the molecule is O=C1CC(c2ccc(Oc3ccc(OC(F)(F)F)cc3)cc2)Cc2[nH]c3ccc(Cl)cc3c(=O)c21. The van der Waals surface area contributed by atoms with Gasteiger partial charge < -0.3 is 14.5 Å². The van der Waals surface area contributed by atoms with Crippen molar-refractivity contribution >= 4 is 28.3 Å². The second kappa shape index (κ2) is 8.78. The summed E-state index contributed by atoms with van der Waals surface area (Å²) in [7, 11) is 0. The highest BCUT2D eigenvalue weighted by Crippen LogP contribution is 2.34. The first kappa shape index (κ1) is 23.0. The summed E-state index contributed by atoms with van der Waals surface area (Å²) in [4.78, 5) is 29.0. The molecule has 0 aliphatic heterocycles. The van der Waals surface area contributed by atoms with Crippen molar-refractivity contribution in [1.82, 2.24) is 4.98 Å². The van der Waals surface area contributed by atoms with Gasteiger partial charge >= 0.3 is 6.36 Å². The van der Waals surface area contributed by atoms with Crippen molar-refractivity contribution in [2.45, 2.75) is 25.1 Å². The fourth-order valence-corrected chi connectivity index (χ4v) is 4.46. The molecule has 178 valence electrons. The van der Waals surface area contributed by atoms with E-state index in [2.05, 4.69) is 9.72 Å². The van der Waals surface area contributed by atoms with E-state index in [1.807, 2.05) is 12.1 Å². The minimum atomic E-state index is -4.76. The summed E-state index contributed by atoms with van der Waals surface area (Å²) in [5.74, 6) is 0.149. The highest BCUT2D eigenvalue weighted by Gasteiger charge is 2.31. The lowest BCUT2D eigenvalue weighted by Crippen LogP contribution is -2.27. The molecule has 1 aromatic heterocycles. The number of benzene rings is 3. The normalized spacial score (nSPS) is 15.7. The number of rotatable bonds is 4. The van der Waals surface area contributed by atoms with Gasteiger partial charge in [0.1, 0.15) is 17.2 Å². The third kappa shape index (κ3) is 4.88. The molecule has 1 atom stereocenters. The summed E-state index contributed by atoms with van der Waals surface area (Å²) in [5, 5.41) is 0.819. The van der Waals surface area contributed by atoms with Crippen LogP contribution in [-0.4, -0.2) is 17.1 Å². The number of alkyl halides is 3. The molecular weight excluding hydrogens is 483 g/mol. The number of aromatic amines is 1. The molecular formula is C26H17ClF3NO4. The summed E-state index contributed by atoms with van der Waals surface area (Å²) in [5.41, 5.74) is 2.01. The molecule has 1 unspecified atom stereocenters. The van der Waals surface area contributed by atoms with Gasteiger partial charge in [0, 0.05) is 28.0 Å². The largest absolute Gasteiger partial charge is 0.573 e. The molecule has 0 spiro atoms. The van der Waals surface area contributed by atoms with Crippen LogP contribution in [0.1, 0.15) is 34.0 Å². The number of halogens is 4. The van der Waals surface area contributed by atoms with Gasteiger partial charge in [-0.05, 0) is 72.5 Å². The van der Waals surface area contributed by atoms with Crippen LogP contribution in [0.4, 0.5) is 13.2 Å². The number of hydrogen-bond acceptors (Lipinski definition) is 4. The average molecular weight is 500 g/mol.